The largest absolute Gasteiger partial charge is 0.394 e. The lowest BCUT2D eigenvalue weighted by Crippen LogP contribution is -2.41. The maximum Gasteiger partial charge on any atom is 0.241 e. The van der Waals surface area contributed by atoms with Gasteiger partial charge in [0.2, 0.25) is 5.91 Å². The van der Waals surface area contributed by atoms with E-state index in [0.717, 1.165) is 18.4 Å². The topological polar surface area (TPSA) is 73.1 Å². The average Bonchev–Trinajstić information content (AvgIpc) is 2.95. The summed E-state index contributed by atoms with van der Waals surface area (Å²) in [4.78, 5) is 12.3. The van der Waals surface area contributed by atoms with Gasteiger partial charge in [0, 0.05) is 0 Å². The predicted octanol–water partition coefficient (Wildman–Crippen LogP) is 1.92. The summed E-state index contributed by atoms with van der Waals surface area (Å²) < 4.78 is 0. The monoisotopic (exact) mass is 258 g/mol. The van der Waals surface area contributed by atoms with Gasteiger partial charge < -0.3 is 10.4 Å². The van der Waals surface area contributed by atoms with E-state index in [2.05, 4.69) is 11.4 Å². The summed E-state index contributed by atoms with van der Waals surface area (Å²) in [7, 11) is 0. The molecule has 1 unspecified atom stereocenters. The second kappa shape index (κ2) is 5.85. The third-order valence-corrected chi connectivity index (χ3v) is 3.80. The van der Waals surface area contributed by atoms with Crippen LogP contribution in [0.1, 0.15) is 37.3 Å². The van der Waals surface area contributed by atoms with Crippen LogP contribution in [0.3, 0.4) is 0 Å². The number of aliphatic hydroxyl groups excluding tert-OH is 1. The van der Waals surface area contributed by atoms with E-state index in [0.29, 0.717) is 12.8 Å². The molecule has 1 aromatic rings. The third kappa shape index (κ3) is 2.77. The van der Waals surface area contributed by atoms with Crippen LogP contribution in [0.5, 0.6) is 0 Å². The molecule has 1 fully saturated rings. The highest BCUT2D eigenvalue weighted by Crippen LogP contribution is 2.38. The Labute approximate surface area is 113 Å². The number of hydrogen-bond acceptors (Lipinski definition) is 3. The van der Waals surface area contributed by atoms with Crippen molar-refractivity contribution in [1.29, 1.82) is 5.26 Å². The Morgan fingerprint density at radius 2 is 2.00 bits per heavy atom. The molecule has 2 N–H and O–H groups in total. The van der Waals surface area contributed by atoms with Crippen molar-refractivity contribution >= 4 is 5.91 Å². The van der Waals surface area contributed by atoms with Gasteiger partial charge in [-0.05, 0) is 18.4 Å². The third-order valence-electron chi connectivity index (χ3n) is 3.80. The van der Waals surface area contributed by atoms with Gasteiger partial charge >= 0.3 is 0 Å². The molecule has 0 radical (unpaired) electrons. The zero-order chi connectivity index (χ0) is 13.7. The molecule has 1 saturated carbocycles. The standard InChI is InChI=1S/C15H18N2O2/c16-11-15(8-4-5-9-15)14(19)17-13(10-18)12-6-2-1-3-7-12/h1-3,6-7,13,18H,4-5,8-10H2,(H,17,19). The summed E-state index contributed by atoms with van der Waals surface area (Å²) in [6.07, 6.45) is 3.05. The first-order chi connectivity index (χ1) is 9.22. The summed E-state index contributed by atoms with van der Waals surface area (Å²) in [6.45, 7) is -0.169. The molecule has 1 amide bonds. The van der Waals surface area contributed by atoms with Gasteiger partial charge in [-0.15, -0.1) is 0 Å². The first-order valence-electron chi connectivity index (χ1n) is 6.60. The normalized spacial score (nSPS) is 18.5. The van der Waals surface area contributed by atoms with Crippen molar-refractivity contribution in [3.8, 4) is 6.07 Å². The molecule has 100 valence electrons. The minimum absolute atomic E-state index is 0.169. The molecular weight excluding hydrogens is 240 g/mol. The van der Waals surface area contributed by atoms with Crippen LogP contribution in [0.25, 0.3) is 0 Å². The number of aliphatic hydroxyl groups is 1. The summed E-state index contributed by atoms with van der Waals surface area (Å²) in [5, 5.41) is 21.5. The van der Waals surface area contributed by atoms with Gasteiger partial charge in [-0.3, -0.25) is 4.79 Å². The number of carbonyl (C=O) groups excluding carboxylic acids is 1. The van der Waals surface area contributed by atoms with Crippen molar-refractivity contribution in [3.63, 3.8) is 0 Å². The maximum atomic E-state index is 12.3. The van der Waals surface area contributed by atoms with E-state index >= 15 is 0 Å². The maximum absolute atomic E-state index is 12.3. The van der Waals surface area contributed by atoms with Crippen molar-refractivity contribution in [2.24, 2.45) is 5.41 Å². The molecule has 0 bridgehead atoms. The van der Waals surface area contributed by atoms with Crippen molar-refractivity contribution in [1.82, 2.24) is 5.32 Å². The number of carbonyl (C=O) groups is 1. The molecule has 0 heterocycles. The minimum Gasteiger partial charge on any atom is -0.394 e. The van der Waals surface area contributed by atoms with Crippen LogP contribution < -0.4 is 5.32 Å². The predicted molar refractivity (Wildman–Crippen MR) is 70.9 cm³/mol. The number of nitriles is 1. The van der Waals surface area contributed by atoms with Crippen molar-refractivity contribution in [3.05, 3.63) is 35.9 Å². The SMILES string of the molecule is N#CC1(C(=O)NC(CO)c2ccccc2)CCCC1. The number of hydrogen-bond donors (Lipinski definition) is 2. The van der Waals surface area contributed by atoms with Crippen LogP contribution in [0.15, 0.2) is 30.3 Å². The summed E-state index contributed by atoms with van der Waals surface area (Å²) >= 11 is 0. The summed E-state index contributed by atoms with van der Waals surface area (Å²) in [5.74, 6) is -0.254. The van der Waals surface area contributed by atoms with Gasteiger partial charge in [-0.1, -0.05) is 43.2 Å². The van der Waals surface area contributed by atoms with Crippen LogP contribution in [0.2, 0.25) is 0 Å². The van der Waals surface area contributed by atoms with Crippen LogP contribution >= 0.6 is 0 Å². The van der Waals surface area contributed by atoms with E-state index in [1.54, 1.807) is 0 Å². The molecule has 1 atom stereocenters. The van der Waals surface area contributed by atoms with E-state index in [4.69, 9.17) is 0 Å². The lowest BCUT2D eigenvalue weighted by molar-refractivity contribution is -0.129. The van der Waals surface area contributed by atoms with Gasteiger partial charge in [0.05, 0.1) is 18.7 Å². The van der Waals surface area contributed by atoms with E-state index in [1.165, 1.54) is 0 Å². The summed E-state index contributed by atoms with van der Waals surface area (Å²) in [6, 6.07) is 11.0. The van der Waals surface area contributed by atoms with Crippen LogP contribution in [0.4, 0.5) is 0 Å². The van der Waals surface area contributed by atoms with Crippen LogP contribution in [0, 0.1) is 16.7 Å². The lowest BCUT2D eigenvalue weighted by atomic mass is 9.86. The molecule has 0 aromatic heterocycles. The zero-order valence-corrected chi connectivity index (χ0v) is 10.8. The smallest absolute Gasteiger partial charge is 0.241 e. The van der Waals surface area contributed by atoms with Gasteiger partial charge in [-0.25, -0.2) is 0 Å². The molecule has 0 spiro atoms. The Bertz CT molecular complexity index is 473. The fourth-order valence-corrected chi connectivity index (χ4v) is 2.58. The van der Waals surface area contributed by atoms with Crippen LogP contribution in [-0.2, 0) is 4.79 Å². The van der Waals surface area contributed by atoms with E-state index in [-0.39, 0.29) is 12.5 Å². The zero-order valence-electron chi connectivity index (χ0n) is 10.8. The van der Waals surface area contributed by atoms with Gasteiger partial charge in [-0.2, -0.15) is 5.26 Å². The molecule has 2 rings (SSSR count). The van der Waals surface area contributed by atoms with Crippen molar-refractivity contribution in [2.45, 2.75) is 31.7 Å². The van der Waals surface area contributed by atoms with Crippen molar-refractivity contribution in [2.75, 3.05) is 6.61 Å². The van der Waals surface area contributed by atoms with Crippen molar-refractivity contribution < 1.29 is 9.90 Å². The summed E-state index contributed by atoms with van der Waals surface area (Å²) in [5.41, 5.74) is -0.0493. The first-order valence-corrected chi connectivity index (χ1v) is 6.60. The van der Waals surface area contributed by atoms with E-state index in [1.807, 2.05) is 30.3 Å². The lowest BCUT2D eigenvalue weighted by Gasteiger charge is -2.24. The molecular formula is C15H18N2O2. The number of nitrogens with zero attached hydrogens (tertiary/aromatic N) is 1. The van der Waals surface area contributed by atoms with Crippen LogP contribution in [-0.4, -0.2) is 17.6 Å². The van der Waals surface area contributed by atoms with Gasteiger partial charge in [0.15, 0.2) is 0 Å². The van der Waals surface area contributed by atoms with E-state index < -0.39 is 11.5 Å². The molecule has 1 aliphatic rings. The fourth-order valence-electron chi connectivity index (χ4n) is 2.58. The average molecular weight is 258 g/mol. The highest BCUT2D eigenvalue weighted by molar-refractivity contribution is 5.86. The Hall–Kier alpha value is -1.86. The Morgan fingerprint density at radius 1 is 1.37 bits per heavy atom. The quantitative estimate of drug-likeness (QED) is 0.866. The number of benzene rings is 1. The highest BCUT2D eigenvalue weighted by Gasteiger charge is 2.42. The number of rotatable bonds is 4. The molecule has 1 aromatic carbocycles. The first kappa shape index (κ1) is 13.6. The Morgan fingerprint density at radius 3 is 2.53 bits per heavy atom. The number of amides is 1. The molecule has 19 heavy (non-hydrogen) atoms. The second-order valence-electron chi connectivity index (χ2n) is 5.02. The van der Waals surface area contributed by atoms with Gasteiger partial charge in [0.1, 0.15) is 5.41 Å². The van der Waals surface area contributed by atoms with Gasteiger partial charge in [0.25, 0.3) is 0 Å². The molecule has 0 saturated heterocycles. The molecule has 1 aliphatic carbocycles. The Kier molecular flexibility index (Phi) is 4.18. The minimum atomic E-state index is -0.901. The second-order valence-corrected chi connectivity index (χ2v) is 5.02. The highest BCUT2D eigenvalue weighted by atomic mass is 16.3. The number of nitrogens with one attached hydrogen (secondary N) is 1. The fraction of sp³-hybridized carbons (Fsp3) is 0.467. The molecule has 4 nitrogen and oxygen atoms in total. The Balaban J connectivity index is 2.11. The molecule has 0 aliphatic heterocycles. The van der Waals surface area contributed by atoms with E-state index in [9.17, 15) is 15.2 Å². The molecule has 4 heteroatoms.